The molecule has 0 aliphatic carbocycles. The molecule has 7 heteroatoms. The van der Waals surface area contributed by atoms with Crippen LogP contribution in [0.3, 0.4) is 0 Å². The number of hydrogen-bond acceptors (Lipinski definition) is 4. The van der Waals surface area contributed by atoms with Gasteiger partial charge >= 0.3 is 17.1 Å². The van der Waals surface area contributed by atoms with E-state index < -0.39 is 0 Å². The van der Waals surface area contributed by atoms with Gasteiger partial charge < -0.3 is 35.9 Å². The number of rotatable bonds is 4. The largest absolute Gasteiger partial charge is 2.00 e. The molecule has 145 valence electrons. The van der Waals surface area contributed by atoms with Gasteiger partial charge in [-0.25, -0.2) is 0 Å². The molecule has 4 nitrogen and oxygen atoms in total. The molecule has 0 aliphatic rings. The van der Waals surface area contributed by atoms with E-state index in [1.807, 2.05) is 64.1 Å². The molecular formula is C20H24MnN2O2S2. The Morgan fingerprint density at radius 3 is 1.19 bits per heavy atom. The van der Waals surface area contributed by atoms with Crippen LogP contribution < -0.4 is 10.6 Å². The fraction of sp³-hybridized carbons (Fsp3) is 0.300. The van der Waals surface area contributed by atoms with Gasteiger partial charge in [0.1, 0.15) is 0 Å². The smallest absolute Gasteiger partial charge is 0.783 e. The maximum atomic E-state index is 11.1. The normalized spacial score (nSPS) is 9.41. The molecule has 2 amide bonds. The summed E-state index contributed by atoms with van der Waals surface area (Å²) in [5.74, 6) is -0.0264. The molecule has 2 aromatic carbocycles. The van der Waals surface area contributed by atoms with Gasteiger partial charge in [-0.15, -0.1) is 0 Å². The van der Waals surface area contributed by atoms with Gasteiger partial charge in [-0.3, -0.25) is 9.59 Å². The van der Waals surface area contributed by atoms with Crippen molar-refractivity contribution in [3.63, 3.8) is 0 Å². The quantitative estimate of drug-likeness (QED) is 0.560. The predicted octanol–water partition coefficient (Wildman–Crippen LogP) is 3.58. The maximum Gasteiger partial charge on any atom is 2.00 e. The minimum Gasteiger partial charge on any atom is -0.783 e. The Morgan fingerprint density at radius 2 is 0.963 bits per heavy atom. The molecule has 0 atom stereocenters. The first-order valence-electron chi connectivity index (χ1n) is 8.18. The summed E-state index contributed by atoms with van der Waals surface area (Å²) < 4.78 is 0. The van der Waals surface area contributed by atoms with Gasteiger partial charge in [-0.1, -0.05) is 47.9 Å². The van der Waals surface area contributed by atoms with E-state index in [-0.39, 0.29) is 40.4 Å². The number of nitrogens with one attached hydrogen (secondary N) is 2. The molecule has 0 saturated carbocycles. The van der Waals surface area contributed by atoms with Crippen LogP contribution >= 0.6 is 0 Å². The second kappa shape index (κ2) is 12.9. The van der Waals surface area contributed by atoms with E-state index in [4.69, 9.17) is 0 Å². The molecule has 2 rings (SSSR count). The fourth-order valence-electron chi connectivity index (χ4n) is 2.37. The van der Waals surface area contributed by atoms with E-state index in [1.165, 1.54) is 0 Å². The summed E-state index contributed by atoms with van der Waals surface area (Å²) in [4.78, 5) is 22.1. The van der Waals surface area contributed by atoms with E-state index in [2.05, 4.69) is 35.9 Å². The van der Waals surface area contributed by atoms with Crippen molar-refractivity contribution in [2.75, 3.05) is 22.1 Å². The Bertz CT molecular complexity index is 677. The number of anilines is 2. The molecule has 0 spiro atoms. The molecule has 0 unspecified atom stereocenters. The van der Waals surface area contributed by atoms with Gasteiger partial charge in [0.2, 0.25) is 0 Å². The number of benzene rings is 2. The van der Waals surface area contributed by atoms with Crippen LogP contribution in [-0.4, -0.2) is 23.3 Å². The van der Waals surface area contributed by atoms with Gasteiger partial charge in [0.25, 0.3) is 0 Å². The number of amides is 2. The molecule has 0 fully saturated rings. The molecule has 0 aliphatic heterocycles. The van der Waals surface area contributed by atoms with Crippen LogP contribution in [0, 0.1) is 27.7 Å². The summed E-state index contributed by atoms with van der Waals surface area (Å²) in [6, 6.07) is 11.8. The van der Waals surface area contributed by atoms with Gasteiger partial charge in [-0.2, -0.15) is 0 Å². The maximum absolute atomic E-state index is 11.1. The Labute approximate surface area is 183 Å². The van der Waals surface area contributed by atoms with Crippen LogP contribution in [-0.2, 0) is 51.9 Å². The Kier molecular flexibility index (Phi) is 12.2. The second-order valence-corrected chi connectivity index (χ2v) is 6.50. The Balaban J connectivity index is 0.000000483. The van der Waals surface area contributed by atoms with E-state index >= 15 is 0 Å². The molecular weight excluding hydrogens is 419 g/mol. The zero-order valence-corrected chi connectivity index (χ0v) is 18.7. The number of carbonyl (C=O) groups is 2. The van der Waals surface area contributed by atoms with Crippen molar-refractivity contribution in [2.24, 2.45) is 0 Å². The SMILES string of the molecule is Cc1cccc(C)c1NC(=O)C[S-].Cc1cccc(C)c1NC(=O)C[S-].[Mn+2]. The van der Waals surface area contributed by atoms with E-state index in [9.17, 15) is 9.59 Å². The zero-order chi connectivity index (χ0) is 19.7. The summed E-state index contributed by atoms with van der Waals surface area (Å²) in [6.07, 6.45) is 0. The van der Waals surface area contributed by atoms with Gasteiger partial charge in [0.15, 0.2) is 11.8 Å². The van der Waals surface area contributed by atoms with Crippen molar-refractivity contribution < 1.29 is 26.7 Å². The van der Waals surface area contributed by atoms with Crippen LogP contribution in [0.2, 0.25) is 0 Å². The third-order valence-corrected chi connectivity index (χ3v) is 4.28. The second-order valence-electron chi connectivity index (χ2n) is 5.92. The van der Waals surface area contributed by atoms with Crippen molar-refractivity contribution in [3.8, 4) is 0 Å². The molecule has 0 saturated heterocycles. The molecule has 2 aromatic rings. The van der Waals surface area contributed by atoms with Crippen LogP contribution in [0.5, 0.6) is 0 Å². The Morgan fingerprint density at radius 1 is 0.704 bits per heavy atom. The minimum atomic E-state index is -0.118. The van der Waals surface area contributed by atoms with Crippen molar-refractivity contribution in [2.45, 2.75) is 27.7 Å². The van der Waals surface area contributed by atoms with Gasteiger partial charge in [0, 0.05) is 11.4 Å². The fourth-order valence-corrected chi connectivity index (χ4v) is 2.52. The molecule has 27 heavy (non-hydrogen) atoms. The average molecular weight is 443 g/mol. The predicted molar refractivity (Wildman–Crippen MR) is 114 cm³/mol. The topological polar surface area (TPSA) is 58.2 Å². The van der Waals surface area contributed by atoms with Crippen LogP contribution in [0.15, 0.2) is 36.4 Å². The zero-order valence-electron chi connectivity index (χ0n) is 15.9. The third kappa shape index (κ3) is 8.43. The monoisotopic (exact) mass is 443 g/mol. The summed E-state index contributed by atoms with van der Waals surface area (Å²) in [6.45, 7) is 7.86. The van der Waals surface area contributed by atoms with Crippen LogP contribution in [0.4, 0.5) is 11.4 Å². The first kappa shape index (κ1) is 25.6. The van der Waals surface area contributed by atoms with Crippen molar-refractivity contribution >= 4 is 48.4 Å². The first-order chi connectivity index (χ1) is 12.3. The van der Waals surface area contributed by atoms with Crippen molar-refractivity contribution in [1.29, 1.82) is 0 Å². The van der Waals surface area contributed by atoms with Gasteiger partial charge in [-0.05, 0) is 49.9 Å². The summed E-state index contributed by atoms with van der Waals surface area (Å²) >= 11 is 9.30. The average Bonchev–Trinajstić information content (AvgIpc) is 2.61. The van der Waals surface area contributed by atoms with E-state index in [0.717, 1.165) is 33.6 Å². The number of carbonyl (C=O) groups excluding carboxylic acids is 2. The van der Waals surface area contributed by atoms with Crippen LogP contribution in [0.25, 0.3) is 0 Å². The standard InChI is InChI=1S/2C10H13NOS.Mn/c2*1-7-4-3-5-8(2)10(7)11-9(12)6-13;/h2*3-5,13H,6H2,1-2H3,(H,11,12);/q;;+2/p-2. The van der Waals surface area contributed by atoms with Crippen molar-refractivity contribution in [3.05, 3.63) is 58.7 Å². The summed E-state index contributed by atoms with van der Waals surface area (Å²) in [7, 11) is 0. The van der Waals surface area contributed by atoms with Gasteiger partial charge in [0.05, 0.1) is 0 Å². The number of hydrogen-bond donors (Lipinski definition) is 2. The van der Waals surface area contributed by atoms with Crippen molar-refractivity contribution in [1.82, 2.24) is 0 Å². The van der Waals surface area contributed by atoms with Crippen LogP contribution in [0.1, 0.15) is 22.3 Å². The van der Waals surface area contributed by atoms with E-state index in [0.29, 0.717) is 0 Å². The minimum absolute atomic E-state index is 0. The Hall–Kier alpha value is -1.40. The number of para-hydroxylation sites is 2. The molecule has 0 aromatic heterocycles. The summed E-state index contributed by atoms with van der Waals surface area (Å²) in [5, 5.41) is 5.57. The molecule has 0 bridgehead atoms. The molecule has 1 radical (unpaired) electrons. The van der Waals surface area contributed by atoms with E-state index in [1.54, 1.807) is 0 Å². The summed E-state index contributed by atoms with van der Waals surface area (Å²) in [5.41, 5.74) is 6.04. The molecule has 2 N–H and O–H groups in total. The third-order valence-electron chi connectivity index (χ3n) is 3.75. The number of aryl methyl sites for hydroxylation is 4. The first-order valence-corrected chi connectivity index (χ1v) is 9.34. The molecule has 0 heterocycles.